The molecule has 0 spiro atoms. The largest absolute Gasteiger partial charge is 0.391 e. The van der Waals surface area contributed by atoms with E-state index in [1.54, 1.807) is 0 Å². The lowest BCUT2D eigenvalue weighted by Gasteiger charge is -1.92. The van der Waals surface area contributed by atoms with E-state index in [0.29, 0.717) is 6.61 Å². The van der Waals surface area contributed by atoms with E-state index in [9.17, 15) is 0 Å². The highest BCUT2D eigenvalue weighted by Crippen LogP contribution is 1.57. The summed E-state index contributed by atoms with van der Waals surface area (Å²) in [5.41, 5.74) is 0. The number of hydrogen-bond donors (Lipinski definition) is 2. The predicted octanol–water partition coefficient (Wildman–Crippen LogP) is -1.29. The Hall–Kier alpha value is -0.880. The molecular weight excluding hydrogens is 152 g/mol. The third-order valence-corrected chi connectivity index (χ3v) is 0.826. The van der Waals surface area contributed by atoms with Gasteiger partial charge in [0.05, 0.1) is 24.8 Å². The highest BCUT2D eigenvalue weighted by molar-refractivity contribution is 4.16. The lowest BCUT2D eigenvalue weighted by Crippen LogP contribution is -2.85. The van der Waals surface area contributed by atoms with Crippen LogP contribution in [0.1, 0.15) is 13.3 Å². The van der Waals surface area contributed by atoms with Crippen LogP contribution in [0.15, 0.2) is 0 Å². The lowest BCUT2D eigenvalue weighted by atomic mass is 10.5. The van der Waals surface area contributed by atoms with Crippen molar-refractivity contribution in [1.82, 2.24) is 0 Å². The molecule has 0 unspecified atom stereocenters. The van der Waals surface area contributed by atoms with Crippen LogP contribution < -0.4 is 5.32 Å². The van der Waals surface area contributed by atoms with Gasteiger partial charge in [-0.25, -0.2) is 0 Å². The van der Waals surface area contributed by atoms with Gasteiger partial charge in [0.2, 0.25) is 0 Å². The summed E-state index contributed by atoms with van der Waals surface area (Å²) in [7, 11) is 0. The maximum Gasteiger partial charge on any atom is 0.0990 e. The fourth-order valence-corrected chi connectivity index (χ4v) is 0.440. The molecule has 0 atom stereocenters. The van der Waals surface area contributed by atoms with Gasteiger partial charge in [0.1, 0.15) is 0 Å². The topological polar surface area (TPSA) is 103 Å². The van der Waals surface area contributed by atoms with Crippen LogP contribution in [0.2, 0.25) is 0 Å². The number of quaternary nitrogens is 1. The number of hydrogen-bond acceptors (Lipinski definition) is 4. The van der Waals surface area contributed by atoms with Crippen LogP contribution in [0.3, 0.4) is 0 Å². The molecule has 0 aliphatic rings. The fourth-order valence-electron chi connectivity index (χ4n) is 0.440. The zero-order valence-electron chi connectivity index (χ0n) is 6.52. The molecule has 3 N–H and O–H groups in total. The van der Waals surface area contributed by atoms with Crippen molar-refractivity contribution < 1.29 is 15.5 Å². The molecular formula is C5H14N2O4. The second-order valence-electron chi connectivity index (χ2n) is 1.81. The SMILES string of the molecule is CCC[NH2+]CCO.O=[N+]([O-])[O-]. The minimum Gasteiger partial charge on any atom is -0.391 e. The number of nitrogens with zero attached hydrogens (tertiary/aromatic N) is 1. The molecule has 0 aliphatic carbocycles. The smallest absolute Gasteiger partial charge is 0.0990 e. The monoisotopic (exact) mass is 166 g/mol. The van der Waals surface area contributed by atoms with Gasteiger partial charge in [0, 0.05) is 0 Å². The Morgan fingerprint density at radius 1 is 1.45 bits per heavy atom. The second kappa shape index (κ2) is 11.9. The standard InChI is InChI=1S/C5H13NO.NO3/c1-2-3-6-4-5-7;2-1(3)4/h6-7H,2-5H2,1H3;/q;-1/p+1. The van der Waals surface area contributed by atoms with Crippen LogP contribution in [0, 0.1) is 15.3 Å². The second-order valence-corrected chi connectivity index (χ2v) is 1.81. The molecule has 0 saturated heterocycles. The van der Waals surface area contributed by atoms with Crippen LogP contribution >= 0.6 is 0 Å². The molecule has 68 valence electrons. The van der Waals surface area contributed by atoms with Crippen LogP contribution in [-0.2, 0) is 0 Å². The first-order valence-corrected chi connectivity index (χ1v) is 3.39. The van der Waals surface area contributed by atoms with Crippen molar-refractivity contribution in [3.05, 3.63) is 15.3 Å². The molecule has 0 amide bonds. The summed E-state index contributed by atoms with van der Waals surface area (Å²) in [6.07, 6.45) is 1.19. The quantitative estimate of drug-likeness (QED) is 0.308. The highest BCUT2D eigenvalue weighted by Gasteiger charge is 1.81. The number of rotatable bonds is 4. The predicted molar refractivity (Wildman–Crippen MR) is 39.4 cm³/mol. The Balaban J connectivity index is 0. The normalized spacial score (nSPS) is 8.18. The summed E-state index contributed by atoms with van der Waals surface area (Å²) >= 11 is 0. The first kappa shape index (κ1) is 12.8. The van der Waals surface area contributed by atoms with Crippen LogP contribution in [0.5, 0.6) is 0 Å². The van der Waals surface area contributed by atoms with E-state index in [4.69, 9.17) is 20.4 Å². The number of nitrogens with two attached hydrogens (primary N) is 1. The van der Waals surface area contributed by atoms with E-state index in [2.05, 4.69) is 12.2 Å². The average molecular weight is 166 g/mol. The molecule has 0 fully saturated rings. The van der Waals surface area contributed by atoms with Crippen LogP contribution in [-0.4, -0.2) is 29.9 Å². The molecule has 0 aliphatic heterocycles. The molecule has 11 heavy (non-hydrogen) atoms. The van der Waals surface area contributed by atoms with E-state index < -0.39 is 5.09 Å². The Labute approximate surface area is 65.0 Å². The van der Waals surface area contributed by atoms with Gasteiger partial charge < -0.3 is 25.7 Å². The lowest BCUT2D eigenvalue weighted by molar-refractivity contribution is -0.655. The summed E-state index contributed by atoms with van der Waals surface area (Å²) in [5, 5.41) is 25.1. The van der Waals surface area contributed by atoms with E-state index >= 15 is 0 Å². The van der Waals surface area contributed by atoms with Crippen LogP contribution in [0.4, 0.5) is 0 Å². The minimum absolute atomic E-state index is 0.306. The molecule has 6 heteroatoms. The number of aliphatic hydroxyl groups excluding tert-OH is 1. The summed E-state index contributed by atoms with van der Waals surface area (Å²) in [6.45, 7) is 4.43. The van der Waals surface area contributed by atoms with E-state index in [-0.39, 0.29) is 0 Å². The summed E-state index contributed by atoms with van der Waals surface area (Å²) in [4.78, 5) is 8.25. The van der Waals surface area contributed by atoms with E-state index in [1.807, 2.05) is 0 Å². The van der Waals surface area contributed by atoms with Gasteiger partial charge in [-0.2, -0.15) is 0 Å². The summed E-state index contributed by atoms with van der Waals surface area (Å²) in [5.74, 6) is 0. The molecule has 0 aromatic rings. The summed E-state index contributed by atoms with van der Waals surface area (Å²) < 4.78 is 0. The molecule has 0 bridgehead atoms. The molecule has 0 aromatic heterocycles. The van der Waals surface area contributed by atoms with Crippen molar-refractivity contribution in [3.63, 3.8) is 0 Å². The third-order valence-electron chi connectivity index (χ3n) is 0.826. The molecule has 0 radical (unpaired) electrons. The van der Waals surface area contributed by atoms with Crippen molar-refractivity contribution in [1.29, 1.82) is 0 Å². The van der Waals surface area contributed by atoms with Gasteiger partial charge in [-0.1, -0.05) is 6.92 Å². The van der Waals surface area contributed by atoms with Gasteiger partial charge in [0.25, 0.3) is 0 Å². The third kappa shape index (κ3) is 47.5. The molecule has 0 heterocycles. The maximum atomic E-state index is 8.26. The van der Waals surface area contributed by atoms with Crippen LogP contribution in [0.25, 0.3) is 0 Å². The van der Waals surface area contributed by atoms with Gasteiger partial charge in [-0.3, -0.25) is 0 Å². The fraction of sp³-hybridized carbons (Fsp3) is 1.00. The van der Waals surface area contributed by atoms with Crippen molar-refractivity contribution in [2.24, 2.45) is 0 Å². The first-order chi connectivity index (χ1) is 5.15. The zero-order valence-corrected chi connectivity index (χ0v) is 6.52. The Bertz CT molecular complexity index is 80.6. The Morgan fingerprint density at radius 3 is 2.18 bits per heavy atom. The van der Waals surface area contributed by atoms with Gasteiger partial charge in [-0.15, -0.1) is 0 Å². The van der Waals surface area contributed by atoms with E-state index in [0.717, 1.165) is 13.1 Å². The minimum atomic E-state index is -1.75. The molecule has 0 saturated carbocycles. The maximum absolute atomic E-state index is 8.26. The van der Waals surface area contributed by atoms with Crippen molar-refractivity contribution in [3.8, 4) is 0 Å². The highest BCUT2D eigenvalue weighted by atomic mass is 16.9. The van der Waals surface area contributed by atoms with Crippen molar-refractivity contribution >= 4 is 0 Å². The van der Waals surface area contributed by atoms with Gasteiger partial charge >= 0.3 is 0 Å². The van der Waals surface area contributed by atoms with Crippen molar-refractivity contribution in [2.45, 2.75) is 13.3 Å². The number of aliphatic hydroxyl groups is 1. The Kier molecular flexibility index (Phi) is 13.8. The molecule has 0 aromatic carbocycles. The average Bonchev–Trinajstić information content (AvgIpc) is 1.88. The zero-order chi connectivity index (χ0) is 9.11. The first-order valence-electron chi connectivity index (χ1n) is 3.39. The molecule has 0 rings (SSSR count). The van der Waals surface area contributed by atoms with Gasteiger partial charge in [0.15, 0.2) is 0 Å². The summed E-state index contributed by atoms with van der Waals surface area (Å²) in [6, 6.07) is 0. The van der Waals surface area contributed by atoms with E-state index in [1.165, 1.54) is 6.42 Å². The van der Waals surface area contributed by atoms with Crippen molar-refractivity contribution in [2.75, 3.05) is 19.7 Å². The van der Waals surface area contributed by atoms with Gasteiger partial charge in [-0.05, 0) is 6.42 Å². The Morgan fingerprint density at radius 2 is 1.91 bits per heavy atom. The molecule has 6 nitrogen and oxygen atoms in total.